The Morgan fingerprint density at radius 3 is 2.10 bits per heavy atom. The van der Waals surface area contributed by atoms with E-state index in [-0.39, 0.29) is 27.3 Å². The fraction of sp³-hybridized carbons (Fsp3) is 0.385. The lowest BCUT2D eigenvalue weighted by Crippen LogP contribution is -2.44. The van der Waals surface area contributed by atoms with Gasteiger partial charge in [-0.05, 0) is 18.1 Å². The van der Waals surface area contributed by atoms with Crippen molar-refractivity contribution in [3.63, 3.8) is 0 Å². The third-order valence-electron chi connectivity index (χ3n) is 2.68. The predicted molar refractivity (Wildman–Crippen MR) is 76.7 cm³/mol. The van der Waals surface area contributed by atoms with Crippen molar-refractivity contribution >= 4 is 35.1 Å². The molecule has 2 N–H and O–H groups in total. The van der Waals surface area contributed by atoms with Crippen LogP contribution in [-0.2, 0) is 4.79 Å². The number of rotatable bonds is 5. The quantitative estimate of drug-likeness (QED) is 0.875. The zero-order chi connectivity index (χ0) is 15.4. The maximum absolute atomic E-state index is 12.0. The van der Waals surface area contributed by atoms with Crippen LogP contribution in [0.1, 0.15) is 24.2 Å². The second kappa shape index (κ2) is 6.81. The smallest absolute Gasteiger partial charge is 0.326 e. The maximum atomic E-state index is 12.0. The molecule has 1 rings (SSSR count). The van der Waals surface area contributed by atoms with Gasteiger partial charge >= 0.3 is 5.97 Å². The van der Waals surface area contributed by atoms with Crippen LogP contribution in [0.2, 0.25) is 10.0 Å². The Labute approximate surface area is 126 Å². The Kier molecular flexibility index (Phi) is 5.65. The van der Waals surface area contributed by atoms with E-state index in [1.54, 1.807) is 13.8 Å². The van der Waals surface area contributed by atoms with Crippen LogP contribution < -0.4 is 10.1 Å². The lowest BCUT2D eigenvalue weighted by atomic mass is 10.0. The number of carboxylic acids is 1. The molecule has 0 aliphatic rings. The molecule has 0 aliphatic heterocycles. The maximum Gasteiger partial charge on any atom is 0.326 e. The summed E-state index contributed by atoms with van der Waals surface area (Å²) in [6.07, 6.45) is 0. The molecule has 1 unspecified atom stereocenters. The van der Waals surface area contributed by atoms with E-state index in [0.717, 1.165) is 0 Å². The molecule has 7 heteroatoms. The fourth-order valence-electron chi connectivity index (χ4n) is 1.62. The van der Waals surface area contributed by atoms with Crippen LogP contribution in [0.15, 0.2) is 12.1 Å². The highest BCUT2D eigenvalue weighted by Gasteiger charge is 2.24. The minimum absolute atomic E-state index is 0.174. The van der Waals surface area contributed by atoms with E-state index in [1.807, 2.05) is 0 Å². The highest BCUT2D eigenvalue weighted by atomic mass is 35.5. The van der Waals surface area contributed by atoms with Gasteiger partial charge in [-0.3, -0.25) is 4.79 Å². The Bertz CT molecular complexity index is 508. The molecule has 1 atom stereocenters. The molecule has 5 nitrogen and oxygen atoms in total. The van der Waals surface area contributed by atoms with Crippen LogP contribution in [0.3, 0.4) is 0 Å². The summed E-state index contributed by atoms with van der Waals surface area (Å²) in [7, 11) is 1.41. The number of carbonyl (C=O) groups is 2. The normalized spacial score (nSPS) is 12.1. The number of benzene rings is 1. The van der Waals surface area contributed by atoms with Gasteiger partial charge < -0.3 is 15.2 Å². The number of ether oxygens (including phenoxy) is 1. The van der Waals surface area contributed by atoms with Crippen LogP contribution >= 0.6 is 23.2 Å². The zero-order valence-corrected chi connectivity index (χ0v) is 12.7. The van der Waals surface area contributed by atoms with Crippen molar-refractivity contribution in [1.82, 2.24) is 5.32 Å². The summed E-state index contributed by atoms with van der Waals surface area (Å²) < 4.78 is 4.98. The molecule has 0 aliphatic carbocycles. The van der Waals surface area contributed by atoms with Crippen molar-refractivity contribution in [2.75, 3.05) is 7.11 Å². The highest BCUT2D eigenvalue weighted by molar-refractivity contribution is 6.37. The average molecular weight is 320 g/mol. The SMILES string of the molecule is COc1c(Cl)cc(C(=O)NC(C(=O)O)C(C)C)cc1Cl. The summed E-state index contributed by atoms with van der Waals surface area (Å²) in [5, 5.41) is 11.8. The first-order valence-corrected chi connectivity index (χ1v) is 6.60. The Hall–Kier alpha value is -1.46. The molecule has 1 amide bonds. The number of carboxylic acid groups (broad SMARTS) is 1. The molecule has 110 valence electrons. The fourth-order valence-corrected chi connectivity index (χ4v) is 2.27. The van der Waals surface area contributed by atoms with Crippen LogP contribution in [0.25, 0.3) is 0 Å². The van der Waals surface area contributed by atoms with Crippen LogP contribution in [0, 0.1) is 5.92 Å². The number of hydrogen-bond donors (Lipinski definition) is 2. The van der Waals surface area contributed by atoms with Gasteiger partial charge in [0, 0.05) is 5.56 Å². The molecule has 1 aromatic carbocycles. The minimum atomic E-state index is -1.10. The van der Waals surface area contributed by atoms with Crippen molar-refractivity contribution in [2.45, 2.75) is 19.9 Å². The molecular formula is C13H15Cl2NO4. The average Bonchev–Trinajstić information content (AvgIpc) is 2.34. The number of methoxy groups -OCH3 is 1. The van der Waals surface area contributed by atoms with Gasteiger partial charge in [0.25, 0.3) is 5.91 Å². The van der Waals surface area contributed by atoms with Gasteiger partial charge in [0.2, 0.25) is 0 Å². The summed E-state index contributed by atoms with van der Waals surface area (Å²) in [6, 6.07) is 1.77. The lowest BCUT2D eigenvalue weighted by molar-refractivity contribution is -0.140. The molecule has 0 heterocycles. The second-order valence-corrected chi connectivity index (χ2v) is 5.32. The number of aliphatic carboxylic acids is 1. The Morgan fingerprint density at radius 2 is 1.75 bits per heavy atom. The standard InChI is InChI=1S/C13H15Cl2NO4/c1-6(2)10(13(18)19)16-12(17)7-4-8(14)11(20-3)9(15)5-7/h4-6,10H,1-3H3,(H,16,17)(H,18,19). The zero-order valence-electron chi connectivity index (χ0n) is 11.2. The molecule has 0 radical (unpaired) electrons. The van der Waals surface area contributed by atoms with E-state index in [1.165, 1.54) is 19.2 Å². The number of carbonyl (C=O) groups excluding carboxylic acids is 1. The molecule has 0 saturated heterocycles. The van der Waals surface area contributed by atoms with Crippen molar-refractivity contribution < 1.29 is 19.4 Å². The van der Waals surface area contributed by atoms with Crippen molar-refractivity contribution in [1.29, 1.82) is 0 Å². The van der Waals surface area contributed by atoms with Gasteiger partial charge in [0.15, 0.2) is 5.75 Å². The minimum Gasteiger partial charge on any atom is -0.494 e. The monoisotopic (exact) mass is 319 g/mol. The van der Waals surface area contributed by atoms with Crippen molar-refractivity contribution in [3.8, 4) is 5.75 Å². The molecule has 0 aromatic heterocycles. The van der Waals surface area contributed by atoms with E-state index in [4.69, 9.17) is 33.0 Å². The van der Waals surface area contributed by atoms with Gasteiger partial charge in [-0.25, -0.2) is 4.79 Å². The van der Waals surface area contributed by atoms with Gasteiger partial charge in [-0.2, -0.15) is 0 Å². The summed E-state index contributed by atoms with van der Waals surface area (Å²) in [4.78, 5) is 23.1. The Balaban J connectivity index is 3.01. The molecule has 0 spiro atoms. The summed E-state index contributed by atoms with van der Waals surface area (Å²) in [5.74, 6) is -1.64. The van der Waals surface area contributed by atoms with Gasteiger partial charge in [-0.15, -0.1) is 0 Å². The summed E-state index contributed by atoms with van der Waals surface area (Å²) in [6.45, 7) is 3.40. The molecule has 0 bridgehead atoms. The number of nitrogens with one attached hydrogen (secondary N) is 1. The summed E-state index contributed by atoms with van der Waals surface area (Å²) >= 11 is 11.9. The van der Waals surface area contributed by atoms with Crippen molar-refractivity contribution in [3.05, 3.63) is 27.7 Å². The molecular weight excluding hydrogens is 305 g/mol. The first kappa shape index (κ1) is 16.6. The van der Waals surface area contributed by atoms with Gasteiger partial charge in [0.1, 0.15) is 6.04 Å². The van der Waals surface area contributed by atoms with E-state index >= 15 is 0 Å². The van der Waals surface area contributed by atoms with Gasteiger partial charge in [-0.1, -0.05) is 37.0 Å². The highest BCUT2D eigenvalue weighted by Crippen LogP contribution is 2.33. The van der Waals surface area contributed by atoms with Crippen LogP contribution in [0.5, 0.6) is 5.75 Å². The predicted octanol–water partition coefficient (Wildman–Crippen LogP) is 2.84. The number of halogens is 2. The second-order valence-electron chi connectivity index (χ2n) is 4.51. The lowest BCUT2D eigenvalue weighted by Gasteiger charge is -2.18. The summed E-state index contributed by atoms with van der Waals surface area (Å²) in [5.41, 5.74) is 0.174. The van der Waals surface area contributed by atoms with E-state index < -0.39 is 17.9 Å². The molecule has 1 aromatic rings. The van der Waals surface area contributed by atoms with Crippen molar-refractivity contribution in [2.24, 2.45) is 5.92 Å². The van der Waals surface area contributed by atoms with E-state index in [9.17, 15) is 9.59 Å². The first-order chi connectivity index (χ1) is 9.27. The topological polar surface area (TPSA) is 75.6 Å². The van der Waals surface area contributed by atoms with Gasteiger partial charge in [0.05, 0.1) is 17.2 Å². The van der Waals surface area contributed by atoms with E-state index in [0.29, 0.717) is 0 Å². The van der Waals surface area contributed by atoms with Crippen LogP contribution in [0.4, 0.5) is 0 Å². The Morgan fingerprint density at radius 1 is 1.25 bits per heavy atom. The number of amides is 1. The molecule has 0 saturated carbocycles. The first-order valence-electron chi connectivity index (χ1n) is 5.84. The van der Waals surface area contributed by atoms with E-state index in [2.05, 4.69) is 5.32 Å². The third kappa shape index (κ3) is 3.77. The van der Waals surface area contributed by atoms with Crippen LogP contribution in [-0.4, -0.2) is 30.1 Å². The molecule has 0 fully saturated rings. The largest absolute Gasteiger partial charge is 0.494 e. The third-order valence-corrected chi connectivity index (χ3v) is 3.25. The molecule has 20 heavy (non-hydrogen) atoms. The number of hydrogen-bond acceptors (Lipinski definition) is 3.